The first-order valence-electron chi connectivity index (χ1n) is 6.93. The molecule has 0 radical (unpaired) electrons. The number of likely N-dealkylation sites (N-methyl/N-ethyl adjacent to an activating group) is 1. The van der Waals surface area contributed by atoms with Crippen LogP contribution in [-0.4, -0.2) is 25.2 Å². The molecule has 3 atom stereocenters. The van der Waals surface area contributed by atoms with Crippen molar-refractivity contribution in [3.63, 3.8) is 0 Å². The van der Waals surface area contributed by atoms with Crippen LogP contribution >= 0.6 is 0 Å². The maximum absolute atomic E-state index is 11.4. The van der Waals surface area contributed by atoms with Crippen molar-refractivity contribution in [2.24, 2.45) is 0 Å². The van der Waals surface area contributed by atoms with Crippen molar-refractivity contribution in [3.05, 3.63) is 29.3 Å². The molecular weight excluding hydrogens is 240 g/mol. The number of ether oxygens (including phenoxy) is 1. The summed E-state index contributed by atoms with van der Waals surface area (Å²) < 4.78 is 5.96. The van der Waals surface area contributed by atoms with E-state index in [2.05, 4.69) is 29.7 Å². The third-order valence-corrected chi connectivity index (χ3v) is 4.06. The highest BCUT2D eigenvalue weighted by Crippen LogP contribution is 2.32. The van der Waals surface area contributed by atoms with Gasteiger partial charge in [0.2, 0.25) is 5.91 Å². The van der Waals surface area contributed by atoms with Crippen molar-refractivity contribution in [2.45, 2.75) is 44.4 Å². The zero-order valence-electron chi connectivity index (χ0n) is 11.4. The Morgan fingerprint density at radius 1 is 1.42 bits per heavy atom. The molecule has 3 rings (SSSR count). The highest BCUT2D eigenvalue weighted by molar-refractivity contribution is 5.99. The molecule has 102 valence electrons. The minimum Gasteiger partial charge on any atom is -0.373 e. The van der Waals surface area contributed by atoms with Gasteiger partial charge in [0, 0.05) is 5.69 Å². The summed E-state index contributed by atoms with van der Waals surface area (Å²) in [4.78, 5) is 11.4. The molecule has 4 heteroatoms. The second kappa shape index (κ2) is 4.94. The van der Waals surface area contributed by atoms with Gasteiger partial charge in [-0.2, -0.15) is 0 Å². The van der Waals surface area contributed by atoms with Gasteiger partial charge in [0.1, 0.15) is 0 Å². The number of carbonyl (C=O) groups is 1. The molecular formula is C15H20N2O2. The smallest absolute Gasteiger partial charge is 0.228 e. The van der Waals surface area contributed by atoms with Gasteiger partial charge in [0.05, 0.1) is 24.7 Å². The van der Waals surface area contributed by atoms with Crippen molar-refractivity contribution in [1.29, 1.82) is 0 Å². The van der Waals surface area contributed by atoms with Crippen LogP contribution in [0.2, 0.25) is 0 Å². The number of rotatable bonds is 3. The first-order valence-corrected chi connectivity index (χ1v) is 6.93. The van der Waals surface area contributed by atoms with Gasteiger partial charge in [0.15, 0.2) is 0 Å². The fourth-order valence-electron chi connectivity index (χ4n) is 3.09. The molecule has 19 heavy (non-hydrogen) atoms. The Morgan fingerprint density at radius 2 is 2.26 bits per heavy atom. The van der Waals surface area contributed by atoms with Gasteiger partial charge in [0.25, 0.3) is 0 Å². The fourth-order valence-corrected chi connectivity index (χ4v) is 3.09. The molecule has 2 heterocycles. The van der Waals surface area contributed by atoms with E-state index < -0.39 is 0 Å². The summed E-state index contributed by atoms with van der Waals surface area (Å²) in [7, 11) is 1.97. The normalized spacial score (nSPS) is 27.2. The number of carbonyl (C=O) groups excluding carboxylic acids is 1. The molecule has 3 unspecified atom stereocenters. The molecule has 1 aromatic rings. The van der Waals surface area contributed by atoms with Crippen LogP contribution in [0.15, 0.2) is 18.2 Å². The van der Waals surface area contributed by atoms with Crippen molar-refractivity contribution in [2.75, 3.05) is 12.4 Å². The van der Waals surface area contributed by atoms with E-state index in [9.17, 15) is 4.79 Å². The van der Waals surface area contributed by atoms with E-state index in [1.165, 1.54) is 5.56 Å². The van der Waals surface area contributed by atoms with Crippen molar-refractivity contribution in [1.82, 2.24) is 5.32 Å². The predicted molar refractivity (Wildman–Crippen MR) is 74.1 cm³/mol. The summed E-state index contributed by atoms with van der Waals surface area (Å²) in [5.41, 5.74) is 3.25. The molecule has 2 aliphatic rings. The predicted octanol–water partition coefficient (Wildman–Crippen LogP) is 2.01. The monoisotopic (exact) mass is 260 g/mol. The largest absolute Gasteiger partial charge is 0.373 e. The fraction of sp³-hybridized carbons (Fsp3) is 0.533. The third-order valence-electron chi connectivity index (χ3n) is 4.06. The minimum atomic E-state index is 0.0823. The van der Waals surface area contributed by atoms with Gasteiger partial charge in [-0.05, 0) is 44.0 Å². The SMILES string of the molecule is CNC(c1ccc2c(c1)CC(=O)N2)C1CCC(C)O1. The number of anilines is 1. The van der Waals surface area contributed by atoms with Gasteiger partial charge < -0.3 is 15.4 Å². The number of hydrogen-bond donors (Lipinski definition) is 2. The number of benzene rings is 1. The van der Waals surface area contributed by atoms with Gasteiger partial charge in [-0.25, -0.2) is 0 Å². The molecule has 2 aliphatic heterocycles. The molecule has 1 saturated heterocycles. The highest BCUT2D eigenvalue weighted by Gasteiger charge is 2.30. The first kappa shape index (κ1) is 12.6. The topological polar surface area (TPSA) is 50.4 Å². The maximum Gasteiger partial charge on any atom is 0.228 e. The van der Waals surface area contributed by atoms with Crippen molar-refractivity contribution >= 4 is 11.6 Å². The van der Waals surface area contributed by atoms with Crippen LogP contribution in [-0.2, 0) is 16.0 Å². The Bertz CT molecular complexity index is 501. The zero-order valence-corrected chi connectivity index (χ0v) is 11.4. The third kappa shape index (κ3) is 2.38. The lowest BCUT2D eigenvalue weighted by atomic mass is 9.97. The van der Waals surface area contributed by atoms with Crippen LogP contribution in [0.4, 0.5) is 5.69 Å². The average molecular weight is 260 g/mol. The maximum atomic E-state index is 11.4. The van der Waals surface area contributed by atoms with Gasteiger partial charge in [-0.3, -0.25) is 4.79 Å². The van der Waals surface area contributed by atoms with E-state index in [0.717, 1.165) is 24.1 Å². The van der Waals surface area contributed by atoms with Crippen LogP contribution in [0.3, 0.4) is 0 Å². The lowest BCUT2D eigenvalue weighted by molar-refractivity contribution is -0.115. The van der Waals surface area contributed by atoms with Gasteiger partial charge >= 0.3 is 0 Å². The van der Waals surface area contributed by atoms with E-state index in [1.54, 1.807) is 0 Å². The molecule has 1 amide bonds. The second-order valence-electron chi connectivity index (χ2n) is 5.47. The Hall–Kier alpha value is -1.39. The summed E-state index contributed by atoms with van der Waals surface area (Å²) in [5.74, 6) is 0.0823. The van der Waals surface area contributed by atoms with Crippen molar-refractivity contribution < 1.29 is 9.53 Å². The lowest BCUT2D eigenvalue weighted by Gasteiger charge is -2.24. The Balaban J connectivity index is 1.84. The van der Waals surface area contributed by atoms with Crippen LogP contribution in [0.1, 0.15) is 36.9 Å². The molecule has 1 fully saturated rings. The molecule has 0 aliphatic carbocycles. The Morgan fingerprint density at radius 3 is 2.95 bits per heavy atom. The summed E-state index contributed by atoms with van der Waals surface area (Å²) >= 11 is 0. The van der Waals surface area contributed by atoms with Crippen LogP contribution in [0.25, 0.3) is 0 Å². The number of nitrogens with one attached hydrogen (secondary N) is 2. The van der Waals surface area contributed by atoms with E-state index in [1.807, 2.05) is 13.1 Å². The molecule has 0 saturated carbocycles. The number of fused-ring (bicyclic) bond motifs is 1. The Labute approximate surface area is 113 Å². The van der Waals surface area contributed by atoms with Crippen molar-refractivity contribution in [3.8, 4) is 0 Å². The molecule has 1 aromatic carbocycles. The standard InChI is InChI=1S/C15H20N2O2/c1-9-3-6-13(19-9)15(16-2)10-4-5-12-11(7-10)8-14(18)17-12/h4-5,7,9,13,15-16H,3,6,8H2,1-2H3,(H,17,18). The van der Waals surface area contributed by atoms with Crippen LogP contribution in [0.5, 0.6) is 0 Å². The summed E-state index contributed by atoms with van der Waals surface area (Å²) in [5, 5.41) is 6.22. The van der Waals surface area contributed by atoms with E-state index in [0.29, 0.717) is 12.5 Å². The average Bonchev–Trinajstić information content (AvgIpc) is 2.95. The summed E-state index contributed by atoms with van der Waals surface area (Å²) in [6.45, 7) is 2.12. The van der Waals surface area contributed by atoms with E-state index >= 15 is 0 Å². The molecule has 4 nitrogen and oxygen atoms in total. The highest BCUT2D eigenvalue weighted by atomic mass is 16.5. The van der Waals surface area contributed by atoms with E-state index in [-0.39, 0.29) is 18.1 Å². The Kier molecular flexibility index (Phi) is 3.29. The van der Waals surface area contributed by atoms with Gasteiger partial charge in [-0.15, -0.1) is 0 Å². The molecule has 2 N–H and O–H groups in total. The summed E-state index contributed by atoms with van der Waals surface area (Å²) in [6, 6.07) is 6.41. The molecule has 0 bridgehead atoms. The van der Waals surface area contributed by atoms with E-state index in [4.69, 9.17) is 4.74 Å². The number of hydrogen-bond acceptors (Lipinski definition) is 3. The number of amides is 1. The lowest BCUT2D eigenvalue weighted by Crippen LogP contribution is -2.29. The van der Waals surface area contributed by atoms with Crippen LogP contribution in [0, 0.1) is 0 Å². The van der Waals surface area contributed by atoms with Crippen LogP contribution < -0.4 is 10.6 Å². The van der Waals surface area contributed by atoms with Gasteiger partial charge in [-0.1, -0.05) is 12.1 Å². The molecule has 0 aromatic heterocycles. The minimum absolute atomic E-state index is 0.0823. The zero-order chi connectivity index (χ0) is 13.4. The molecule has 0 spiro atoms. The second-order valence-corrected chi connectivity index (χ2v) is 5.47. The summed E-state index contributed by atoms with van der Waals surface area (Å²) in [6.07, 6.45) is 3.26. The first-order chi connectivity index (χ1) is 9.17. The quantitative estimate of drug-likeness (QED) is 0.874.